The second-order valence-electron chi connectivity index (χ2n) is 4.42. The molecule has 1 atom stereocenters. The standard InChI is InChI=1S/C14H14N4O/c1-10-4-3-5-12(8-10)19-11(2)13-6-7-15-14-16-9-17-18(13)14/h3-9,11H,1-2H3. The fourth-order valence-corrected chi connectivity index (χ4v) is 2.02. The monoisotopic (exact) mass is 254 g/mol. The van der Waals surface area contributed by atoms with Gasteiger partial charge in [-0.3, -0.25) is 0 Å². The first kappa shape index (κ1) is 11.6. The van der Waals surface area contributed by atoms with Gasteiger partial charge < -0.3 is 4.74 Å². The zero-order chi connectivity index (χ0) is 13.2. The molecule has 1 aromatic carbocycles. The van der Waals surface area contributed by atoms with Crippen molar-refractivity contribution in [2.75, 3.05) is 0 Å². The zero-order valence-electron chi connectivity index (χ0n) is 10.8. The molecule has 0 amide bonds. The molecule has 1 unspecified atom stereocenters. The van der Waals surface area contributed by atoms with Gasteiger partial charge in [-0.25, -0.2) is 4.98 Å². The highest BCUT2D eigenvalue weighted by molar-refractivity contribution is 5.30. The molecule has 5 nitrogen and oxygen atoms in total. The van der Waals surface area contributed by atoms with Crippen LogP contribution < -0.4 is 4.74 Å². The summed E-state index contributed by atoms with van der Waals surface area (Å²) in [5.41, 5.74) is 2.09. The minimum absolute atomic E-state index is 0.131. The Morgan fingerprint density at radius 3 is 2.95 bits per heavy atom. The molecule has 0 bridgehead atoms. The summed E-state index contributed by atoms with van der Waals surface area (Å²) in [4.78, 5) is 8.21. The van der Waals surface area contributed by atoms with Crippen molar-refractivity contribution in [3.8, 4) is 5.75 Å². The predicted molar refractivity (Wildman–Crippen MR) is 71.0 cm³/mol. The third kappa shape index (κ3) is 2.27. The lowest BCUT2D eigenvalue weighted by molar-refractivity contribution is 0.218. The lowest BCUT2D eigenvalue weighted by atomic mass is 10.2. The molecule has 2 aromatic heterocycles. The van der Waals surface area contributed by atoms with Gasteiger partial charge in [0.05, 0.1) is 5.69 Å². The van der Waals surface area contributed by atoms with Crippen LogP contribution in [0.4, 0.5) is 0 Å². The van der Waals surface area contributed by atoms with E-state index in [-0.39, 0.29) is 6.10 Å². The molecule has 0 spiro atoms. The van der Waals surface area contributed by atoms with E-state index in [0.29, 0.717) is 5.78 Å². The quantitative estimate of drug-likeness (QED) is 0.720. The van der Waals surface area contributed by atoms with Crippen molar-refractivity contribution < 1.29 is 4.74 Å². The van der Waals surface area contributed by atoms with Crippen LogP contribution in [0.2, 0.25) is 0 Å². The molecule has 0 aliphatic heterocycles. The van der Waals surface area contributed by atoms with Crippen molar-refractivity contribution in [1.82, 2.24) is 19.6 Å². The molecular weight excluding hydrogens is 240 g/mol. The number of hydrogen-bond donors (Lipinski definition) is 0. The number of benzene rings is 1. The van der Waals surface area contributed by atoms with E-state index in [0.717, 1.165) is 11.4 Å². The third-order valence-corrected chi connectivity index (χ3v) is 2.93. The van der Waals surface area contributed by atoms with Gasteiger partial charge in [-0.05, 0) is 37.6 Å². The number of rotatable bonds is 3. The van der Waals surface area contributed by atoms with E-state index in [4.69, 9.17) is 4.74 Å². The fraction of sp³-hybridized carbons (Fsp3) is 0.214. The third-order valence-electron chi connectivity index (χ3n) is 2.93. The Bertz CT molecular complexity index is 707. The summed E-state index contributed by atoms with van der Waals surface area (Å²) in [6.07, 6.45) is 3.08. The molecule has 96 valence electrons. The van der Waals surface area contributed by atoms with Crippen molar-refractivity contribution in [3.05, 3.63) is 54.1 Å². The molecular formula is C14H14N4O. The first-order valence-corrected chi connectivity index (χ1v) is 6.12. The van der Waals surface area contributed by atoms with Crippen LogP contribution in [0.25, 0.3) is 5.78 Å². The van der Waals surface area contributed by atoms with Gasteiger partial charge in [-0.2, -0.15) is 14.6 Å². The Morgan fingerprint density at radius 1 is 1.21 bits per heavy atom. The van der Waals surface area contributed by atoms with Crippen molar-refractivity contribution in [1.29, 1.82) is 0 Å². The van der Waals surface area contributed by atoms with E-state index in [1.807, 2.05) is 44.2 Å². The maximum Gasteiger partial charge on any atom is 0.252 e. The van der Waals surface area contributed by atoms with Crippen LogP contribution in [0, 0.1) is 6.92 Å². The van der Waals surface area contributed by atoms with Gasteiger partial charge in [0.1, 0.15) is 18.2 Å². The largest absolute Gasteiger partial charge is 0.484 e. The van der Waals surface area contributed by atoms with Gasteiger partial charge in [0.25, 0.3) is 5.78 Å². The number of hydrogen-bond acceptors (Lipinski definition) is 4. The van der Waals surface area contributed by atoms with Crippen molar-refractivity contribution in [2.24, 2.45) is 0 Å². The van der Waals surface area contributed by atoms with Gasteiger partial charge >= 0.3 is 0 Å². The molecule has 0 saturated heterocycles. The molecule has 0 aliphatic carbocycles. The minimum atomic E-state index is -0.131. The zero-order valence-corrected chi connectivity index (χ0v) is 10.8. The molecule has 5 heteroatoms. The van der Waals surface area contributed by atoms with E-state index in [1.165, 1.54) is 11.9 Å². The first-order valence-electron chi connectivity index (χ1n) is 6.12. The lowest BCUT2D eigenvalue weighted by Gasteiger charge is -2.15. The van der Waals surface area contributed by atoms with Crippen LogP contribution >= 0.6 is 0 Å². The van der Waals surface area contributed by atoms with Crippen molar-refractivity contribution in [3.63, 3.8) is 0 Å². The molecule has 0 saturated carbocycles. The van der Waals surface area contributed by atoms with E-state index >= 15 is 0 Å². The van der Waals surface area contributed by atoms with Crippen LogP contribution in [0.15, 0.2) is 42.9 Å². The molecule has 2 heterocycles. The van der Waals surface area contributed by atoms with E-state index in [2.05, 4.69) is 15.1 Å². The summed E-state index contributed by atoms with van der Waals surface area (Å²) in [5, 5.41) is 4.16. The summed E-state index contributed by atoms with van der Waals surface area (Å²) in [6.45, 7) is 4.03. The van der Waals surface area contributed by atoms with Gasteiger partial charge in [0, 0.05) is 6.20 Å². The Labute approximate surface area is 110 Å². The van der Waals surface area contributed by atoms with Gasteiger partial charge in [0.15, 0.2) is 0 Å². The highest BCUT2D eigenvalue weighted by atomic mass is 16.5. The Morgan fingerprint density at radius 2 is 2.11 bits per heavy atom. The van der Waals surface area contributed by atoms with Crippen molar-refractivity contribution in [2.45, 2.75) is 20.0 Å². The molecule has 0 radical (unpaired) electrons. The van der Waals surface area contributed by atoms with Crippen LogP contribution in [0.5, 0.6) is 5.75 Å². The first-order chi connectivity index (χ1) is 9.24. The van der Waals surface area contributed by atoms with E-state index in [9.17, 15) is 0 Å². The van der Waals surface area contributed by atoms with E-state index < -0.39 is 0 Å². The molecule has 19 heavy (non-hydrogen) atoms. The second-order valence-corrected chi connectivity index (χ2v) is 4.42. The highest BCUT2D eigenvalue weighted by Gasteiger charge is 2.12. The van der Waals surface area contributed by atoms with Crippen molar-refractivity contribution >= 4 is 5.78 Å². The lowest BCUT2D eigenvalue weighted by Crippen LogP contribution is -2.10. The van der Waals surface area contributed by atoms with Gasteiger partial charge in [-0.1, -0.05) is 12.1 Å². The second kappa shape index (κ2) is 4.68. The number of aromatic nitrogens is 4. The molecule has 3 aromatic rings. The maximum atomic E-state index is 5.94. The maximum absolute atomic E-state index is 5.94. The SMILES string of the molecule is Cc1cccc(OC(C)c2ccnc3ncnn23)c1. The van der Waals surface area contributed by atoms with Crippen LogP contribution in [0.1, 0.15) is 24.3 Å². The summed E-state index contributed by atoms with van der Waals surface area (Å²) in [6, 6.07) is 9.87. The molecule has 0 fully saturated rings. The summed E-state index contributed by atoms with van der Waals surface area (Å²) >= 11 is 0. The highest BCUT2D eigenvalue weighted by Crippen LogP contribution is 2.21. The number of nitrogens with zero attached hydrogens (tertiary/aromatic N) is 4. The molecule has 3 rings (SSSR count). The van der Waals surface area contributed by atoms with Crippen LogP contribution in [-0.2, 0) is 0 Å². The average Bonchev–Trinajstić information content (AvgIpc) is 2.86. The Kier molecular flexibility index (Phi) is 2.87. The minimum Gasteiger partial charge on any atom is -0.484 e. The number of fused-ring (bicyclic) bond motifs is 1. The van der Waals surface area contributed by atoms with Gasteiger partial charge in [0.2, 0.25) is 0 Å². The average molecular weight is 254 g/mol. The van der Waals surface area contributed by atoms with E-state index in [1.54, 1.807) is 10.7 Å². The number of ether oxygens (including phenoxy) is 1. The normalized spacial score (nSPS) is 12.5. The summed E-state index contributed by atoms with van der Waals surface area (Å²) in [7, 11) is 0. The smallest absolute Gasteiger partial charge is 0.252 e. The van der Waals surface area contributed by atoms with Crippen LogP contribution in [-0.4, -0.2) is 19.6 Å². The van der Waals surface area contributed by atoms with Gasteiger partial charge in [-0.15, -0.1) is 0 Å². The number of aryl methyl sites for hydroxylation is 1. The topological polar surface area (TPSA) is 52.3 Å². The predicted octanol–water partition coefficient (Wildman–Crippen LogP) is 2.57. The van der Waals surface area contributed by atoms with Crippen LogP contribution in [0.3, 0.4) is 0 Å². The summed E-state index contributed by atoms with van der Waals surface area (Å²) < 4.78 is 7.64. The summed E-state index contributed by atoms with van der Waals surface area (Å²) in [5.74, 6) is 1.43. The fourth-order valence-electron chi connectivity index (χ4n) is 2.02. The Balaban J connectivity index is 1.91. The molecule has 0 aliphatic rings. The molecule has 0 N–H and O–H groups in total. The Hall–Kier alpha value is -2.43.